The highest BCUT2D eigenvalue weighted by atomic mass is 16.3. The Labute approximate surface area is 227 Å². The second kappa shape index (κ2) is 13.9. The van der Waals surface area contributed by atoms with Gasteiger partial charge in [0.2, 0.25) is 5.91 Å². The van der Waals surface area contributed by atoms with E-state index in [2.05, 4.69) is 37.8 Å². The van der Waals surface area contributed by atoms with Gasteiger partial charge in [-0.1, -0.05) is 45.1 Å². The largest absolute Gasteiger partial charge is 0.391 e. The van der Waals surface area contributed by atoms with Crippen LogP contribution in [0.15, 0.2) is 53.2 Å². The van der Waals surface area contributed by atoms with Crippen LogP contribution in [0.25, 0.3) is 0 Å². The van der Waals surface area contributed by atoms with E-state index in [0.717, 1.165) is 18.5 Å². The summed E-state index contributed by atoms with van der Waals surface area (Å²) in [6.45, 7) is 13.0. The highest BCUT2D eigenvalue weighted by Crippen LogP contribution is 2.30. The molecular formula is C29H42N6O3. The Bertz CT molecular complexity index is 1070. The van der Waals surface area contributed by atoms with Gasteiger partial charge >= 0.3 is 0 Å². The molecule has 0 bridgehead atoms. The van der Waals surface area contributed by atoms with Gasteiger partial charge in [-0.3, -0.25) is 24.4 Å². The van der Waals surface area contributed by atoms with Gasteiger partial charge in [-0.2, -0.15) is 5.26 Å². The third-order valence-corrected chi connectivity index (χ3v) is 6.44. The molecule has 1 saturated heterocycles. The second-order valence-corrected chi connectivity index (χ2v) is 10.8. The number of carbonyl (C=O) groups excluding carboxylic acids is 2. The molecule has 0 radical (unpaired) electrons. The average molecular weight is 523 g/mol. The van der Waals surface area contributed by atoms with Crippen molar-refractivity contribution in [2.45, 2.75) is 64.1 Å². The molecule has 2 rings (SSSR count). The molecule has 206 valence electrons. The average Bonchev–Trinajstić information content (AvgIpc) is 3.24. The van der Waals surface area contributed by atoms with Gasteiger partial charge in [0.1, 0.15) is 12.1 Å². The molecule has 0 aliphatic carbocycles. The standard InChI is InChI=1S/C29H42N6O3/c1-8-10-21(18-31-5)26(27(37)32-15-9-16-33(6)7)35(23-13-11-22(12-14-23)29(2,3)4)28(38)25-17-24(36)19-34(25)20-30/h8,10-14,18,24-26,36H,5,9,15-17,19H2,1-4,6-7H3,(H,32,37)/b10-8-,21-18+. The summed E-state index contributed by atoms with van der Waals surface area (Å²) in [6, 6.07) is 5.56. The Hall–Kier alpha value is -3.48. The summed E-state index contributed by atoms with van der Waals surface area (Å²) in [6.07, 6.45) is 7.02. The van der Waals surface area contributed by atoms with Crippen LogP contribution in [0.5, 0.6) is 0 Å². The molecule has 2 amide bonds. The minimum atomic E-state index is -1.07. The number of aliphatic hydroxyl groups excluding tert-OH is 1. The number of rotatable bonds is 11. The molecule has 1 heterocycles. The lowest BCUT2D eigenvalue weighted by Crippen LogP contribution is -2.55. The van der Waals surface area contributed by atoms with Crippen molar-refractivity contribution in [1.29, 1.82) is 5.26 Å². The third-order valence-electron chi connectivity index (χ3n) is 6.44. The summed E-state index contributed by atoms with van der Waals surface area (Å²) in [5.41, 5.74) is 1.95. The van der Waals surface area contributed by atoms with E-state index in [1.165, 1.54) is 16.0 Å². The number of amides is 2. The maximum atomic E-state index is 14.2. The van der Waals surface area contributed by atoms with Crippen LogP contribution in [0.1, 0.15) is 46.1 Å². The van der Waals surface area contributed by atoms with Gasteiger partial charge in [0.05, 0.1) is 12.6 Å². The zero-order valence-corrected chi connectivity index (χ0v) is 23.5. The van der Waals surface area contributed by atoms with Crippen LogP contribution >= 0.6 is 0 Å². The van der Waals surface area contributed by atoms with Crippen molar-refractivity contribution in [3.8, 4) is 6.19 Å². The predicted molar refractivity (Wildman–Crippen MR) is 152 cm³/mol. The number of carbonyl (C=O) groups is 2. The number of anilines is 1. The monoisotopic (exact) mass is 522 g/mol. The number of allylic oxidation sites excluding steroid dienone is 1. The Balaban J connectivity index is 2.64. The molecule has 38 heavy (non-hydrogen) atoms. The van der Waals surface area contributed by atoms with Crippen molar-refractivity contribution >= 4 is 24.2 Å². The normalized spacial score (nSPS) is 18.9. The van der Waals surface area contributed by atoms with E-state index in [1.807, 2.05) is 56.4 Å². The number of hydrogen-bond acceptors (Lipinski definition) is 7. The van der Waals surface area contributed by atoms with E-state index in [1.54, 1.807) is 12.2 Å². The van der Waals surface area contributed by atoms with Crippen LogP contribution in [0, 0.1) is 11.5 Å². The van der Waals surface area contributed by atoms with Crippen LogP contribution in [0.4, 0.5) is 5.69 Å². The van der Waals surface area contributed by atoms with E-state index < -0.39 is 24.1 Å². The van der Waals surface area contributed by atoms with Gasteiger partial charge in [-0.25, -0.2) is 0 Å². The summed E-state index contributed by atoms with van der Waals surface area (Å²) in [5.74, 6) is -0.813. The SMILES string of the molecule is C=N/C=C(\C=C/C)C(C(=O)NCCCN(C)C)N(C(=O)C1CC(O)CN1C#N)c1ccc(C(C)(C)C)cc1. The first-order valence-electron chi connectivity index (χ1n) is 12.9. The van der Waals surface area contributed by atoms with Crippen molar-refractivity contribution in [2.24, 2.45) is 4.99 Å². The molecule has 0 saturated carbocycles. The van der Waals surface area contributed by atoms with Gasteiger partial charge in [-0.15, -0.1) is 0 Å². The van der Waals surface area contributed by atoms with E-state index in [-0.39, 0.29) is 24.3 Å². The Morgan fingerprint density at radius 3 is 2.50 bits per heavy atom. The second-order valence-electron chi connectivity index (χ2n) is 10.8. The fourth-order valence-electron chi connectivity index (χ4n) is 4.47. The van der Waals surface area contributed by atoms with Crippen LogP contribution < -0.4 is 10.2 Å². The molecule has 3 unspecified atom stereocenters. The highest BCUT2D eigenvalue weighted by Gasteiger charge is 2.42. The minimum absolute atomic E-state index is 0.0663. The molecule has 9 heteroatoms. The van der Waals surface area contributed by atoms with Crippen LogP contribution in [-0.4, -0.2) is 85.4 Å². The molecule has 0 aromatic heterocycles. The third kappa shape index (κ3) is 8.01. The van der Waals surface area contributed by atoms with E-state index in [0.29, 0.717) is 17.8 Å². The fourth-order valence-corrected chi connectivity index (χ4v) is 4.47. The number of aliphatic hydroxyl groups is 1. The first-order chi connectivity index (χ1) is 17.9. The summed E-state index contributed by atoms with van der Waals surface area (Å²) < 4.78 is 0. The lowest BCUT2D eigenvalue weighted by Gasteiger charge is -2.35. The quantitative estimate of drug-likeness (QED) is 0.200. The number of β-amino-alcohol motifs (C(OH)–C–C–N with tert-alkyl or cyclic N) is 1. The highest BCUT2D eigenvalue weighted by molar-refractivity contribution is 6.05. The van der Waals surface area contributed by atoms with Crippen molar-refractivity contribution in [1.82, 2.24) is 15.1 Å². The Morgan fingerprint density at radius 1 is 1.32 bits per heavy atom. The Morgan fingerprint density at radius 2 is 1.97 bits per heavy atom. The van der Waals surface area contributed by atoms with E-state index in [9.17, 15) is 20.0 Å². The number of benzene rings is 1. The number of nitriles is 1. The topological polar surface area (TPSA) is 112 Å². The number of hydrogen-bond donors (Lipinski definition) is 2. The molecule has 1 fully saturated rings. The zero-order chi connectivity index (χ0) is 28.5. The lowest BCUT2D eigenvalue weighted by atomic mass is 9.87. The first kappa shape index (κ1) is 30.7. The maximum absolute atomic E-state index is 14.2. The van der Waals surface area contributed by atoms with E-state index >= 15 is 0 Å². The zero-order valence-electron chi connectivity index (χ0n) is 23.5. The summed E-state index contributed by atoms with van der Waals surface area (Å²) >= 11 is 0. The minimum Gasteiger partial charge on any atom is -0.391 e. The van der Waals surface area contributed by atoms with Gasteiger partial charge in [0, 0.05) is 30.4 Å². The maximum Gasteiger partial charge on any atom is 0.251 e. The van der Waals surface area contributed by atoms with Crippen molar-refractivity contribution in [3.63, 3.8) is 0 Å². The lowest BCUT2D eigenvalue weighted by molar-refractivity contribution is -0.127. The van der Waals surface area contributed by atoms with Crippen LogP contribution in [0.3, 0.4) is 0 Å². The smallest absolute Gasteiger partial charge is 0.251 e. The molecule has 1 aliphatic heterocycles. The van der Waals surface area contributed by atoms with Crippen LogP contribution in [-0.2, 0) is 15.0 Å². The number of likely N-dealkylation sites (tertiary alicyclic amines) is 1. The first-order valence-corrected chi connectivity index (χ1v) is 12.9. The van der Waals surface area contributed by atoms with Gasteiger partial charge in [-0.05, 0) is 63.8 Å². The summed E-state index contributed by atoms with van der Waals surface area (Å²) in [7, 11) is 3.93. The van der Waals surface area contributed by atoms with Crippen molar-refractivity contribution < 1.29 is 14.7 Å². The Kier molecular flexibility index (Phi) is 11.2. The predicted octanol–water partition coefficient (Wildman–Crippen LogP) is 2.83. The van der Waals surface area contributed by atoms with Crippen molar-refractivity contribution in [2.75, 3.05) is 38.6 Å². The summed E-state index contributed by atoms with van der Waals surface area (Å²) in [4.78, 5) is 36.6. The molecule has 9 nitrogen and oxygen atoms in total. The van der Waals surface area contributed by atoms with Gasteiger partial charge in [0.15, 0.2) is 6.19 Å². The molecule has 2 N–H and O–H groups in total. The molecule has 0 spiro atoms. The molecule has 1 aliphatic rings. The molecule has 3 atom stereocenters. The number of nitrogens with one attached hydrogen (secondary N) is 1. The fraction of sp³-hybridized carbons (Fsp3) is 0.517. The molecule has 1 aromatic rings. The van der Waals surface area contributed by atoms with Crippen molar-refractivity contribution in [3.05, 3.63) is 53.8 Å². The summed E-state index contributed by atoms with van der Waals surface area (Å²) in [5, 5.41) is 22.9. The molecule has 1 aromatic carbocycles. The number of aliphatic imine (C=N–C) groups is 1. The van der Waals surface area contributed by atoms with Crippen LogP contribution in [0.2, 0.25) is 0 Å². The van der Waals surface area contributed by atoms with E-state index in [4.69, 9.17) is 0 Å². The van der Waals surface area contributed by atoms with Gasteiger partial charge < -0.3 is 15.3 Å². The molecular weight excluding hydrogens is 480 g/mol. The van der Waals surface area contributed by atoms with Gasteiger partial charge in [0.25, 0.3) is 5.91 Å². The number of nitrogens with zero attached hydrogens (tertiary/aromatic N) is 5.